The van der Waals surface area contributed by atoms with Crippen molar-refractivity contribution in [3.63, 3.8) is 0 Å². The van der Waals surface area contributed by atoms with Crippen LogP contribution in [0.15, 0.2) is 28.8 Å². The minimum Gasteiger partial charge on any atom is -0.458 e. The van der Waals surface area contributed by atoms with Crippen LogP contribution in [0.25, 0.3) is 11.5 Å². The average molecular weight is 331 g/mol. The minimum absolute atomic E-state index is 0.0846. The molecule has 7 heteroatoms. The van der Waals surface area contributed by atoms with Gasteiger partial charge in [0.2, 0.25) is 0 Å². The molecule has 0 bridgehead atoms. The van der Waals surface area contributed by atoms with Gasteiger partial charge in [0.15, 0.2) is 5.76 Å². The van der Waals surface area contributed by atoms with Gasteiger partial charge in [0.25, 0.3) is 0 Å². The molecule has 3 heterocycles. The number of nitrogens with one attached hydrogen (secondary N) is 3. The average Bonchev–Trinajstić information content (AvgIpc) is 3.26. The largest absolute Gasteiger partial charge is 0.458 e. The standard InChI is InChI=1S/C17H25N5O2/c1-12(2)20-17(23)18-9-13-6-8-22(10-13)11-14-3-4-16(24-14)15-5-7-19-21-15/h3-5,7,12-13H,6,8-11H2,1-2H3,(H,19,21)(H2,18,20,23)/t13-/m0/s1. The van der Waals surface area contributed by atoms with E-state index in [1.807, 2.05) is 32.0 Å². The quantitative estimate of drug-likeness (QED) is 0.757. The van der Waals surface area contributed by atoms with Crippen molar-refractivity contribution in [1.29, 1.82) is 0 Å². The molecule has 0 spiro atoms. The van der Waals surface area contributed by atoms with Gasteiger partial charge in [0.1, 0.15) is 11.5 Å². The maximum absolute atomic E-state index is 11.6. The first-order valence-corrected chi connectivity index (χ1v) is 8.45. The van der Waals surface area contributed by atoms with Crippen LogP contribution in [0.3, 0.4) is 0 Å². The fraction of sp³-hybridized carbons (Fsp3) is 0.529. The summed E-state index contributed by atoms with van der Waals surface area (Å²) >= 11 is 0. The molecule has 3 N–H and O–H groups in total. The van der Waals surface area contributed by atoms with Gasteiger partial charge in [-0.3, -0.25) is 10.00 Å². The second-order valence-corrected chi connectivity index (χ2v) is 6.64. The fourth-order valence-corrected chi connectivity index (χ4v) is 2.99. The fourth-order valence-electron chi connectivity index (χ4n) is 2.99. The van der Waals surface area contributed by atoms with Crippen molar-refractivity contribution in [1.82, 2.24) is 25.7 Å². The molecule has 2 aromatic rings. The van der Waals surface area contributed by atoms with Crippen LogP contribution in [0, 0.1) is 5.92 Å². The van der Waals surface area contributed by atoms with Crippen molar-refractivity contribution in [2.45, 2.75) is 32.9 Å². The Morgan fingerprint density at radius 2 is 2.33 bits per heavy atom. The summed E-state index contributed by atoms with van der Waals surface area (Å²) in [5.41, 5.74) is 0.890. The Hall–Kier alpha value is -2.28. The molecule has 0 saturated carbocycles. The monoisotopic (exact) mass is 331 g/mol. The summed E-state index contributed by atoms with van der Waals surface area (Å²) in [4.78, 5) is 14.0. The van der Waals surface area contributed by atoms with Gasteiger partial charge >= 0.3 is 6.03 Å². The number of hydrogen-bond donors (Lipinski definition) is 3. The molecule has 1 atom stereocenters. The molecule has 1 saturated heterocycles. The Bertz CT molecular complexity index is 650. The zero-order valence-electron chi connectivity index (χ0n) is 14.2. The smallest absolute Gasteiger partial charge is 0.314 e. The number of aromatic nitrogens is 2. The van der Waals surface area contributed by atoms with Gasteiger partial charge in [0, 0.05) is 25.3 Å². The van der Waals surface area contributed by atoms with Gasteiger partial charge in [0.05, 0.1) is 6.54 Å². The first-order chi connectivity index (χ1) is 11.6. The number of likely N-dealkylation sites (tertiary alicyclic amines) is 1. The van der Waals surface area contributed by atoms with Crippen molar-refractivity contribution < 1.29 is 9.21 Å². The molecule has 130 valence electrons. The third-order valence-corrected chi connectivity index (χ3v) is 4.15. The van der Waals surface area contributed by atoms with Gasteiger partial charge in [-0.2, -0.15) is 5.10 Å². The summed E-state index contributed by atoms with van der Waals surface area (Å²) < 4.78 is 5.87. The second-order valence-electron chi connectivity index (χ2n) is 6.64. The van der Waals surface area contributed by atoms with E-state index in [1.165, 1.54) is 0 Å². The summed E-state index contributed by atoms with van der Waals surface area (Å²) in [7, 11) is 0. The van der Waals surface area contributed by atoms with E-state index >= 15 is 0 Å². The molecule has 0 unspecified atom stereocenters. The van der Waals surface area contributed by atoms with Crippen molar-refractivity contribution >= 4 is 6.03 Å². The van der Waals surface area contributed by atoms with E-state index in [0.29, 0.717) is 12.5 Å². The van der Waals surface area contributed by atoms with E-state index < -0.39 is 0 Å². The number of nitrogens with zero attached hydrogens (tertiary/aromatic N) is 2. The molecular weight excluding hydrogens is 306 g/mol. The maximum atomic E-state index is 11.6. The zero-order valence-corrected chi connectivity index (χ0v) is 14.2. The molecule has 1 aliphatic heterocycles. The lowest BCUT2D eigenvalue weighted by atomic mass is 10.1. The van der Waals surface area contributed by atoms with Crippen LogP contribution in [0.1, 0.15) is 26.0 Å². The molecule has 7 nitrogen and oxygen atoms in total. The molecule has 24 heavy (non-hydrogen) atoms. The van der Waals surface area contributed by atoms with E-state index in [4.69, 9.17) is 4.42 Å². The predicted octanol–water partition coefficient (Wildman–Crippen LogP) is 2.20. The number of urea groups is 1. The third-order valence-electron chi connectivity index (χ3n) is 4.15. The Balaban J connectivity index is 1.44. The predicted molar refractivity (Wildman–Crippen MR) is 91.3 cm³/mol. The molecule has 0 aromatic carbocycles. The highest BCUT2D eigenvalue weighted by atomic mass is 16.3. The van der Waals surface area contributed by atoms with Gasteiger partial charge in [-0.25, -0.2) is 4.79 Å². The Kier molecular flexibility index (Phi) is 5.20. The van der Waals surface area contributed by atoms with Gasteiger partial charge < -0.3 is 15.1 Å². The third kappa shape index (κ3) is 4.38. The van der Waals surface area contributed by atoms with Gasteiger partial charge in [-0.05, 0) is 50.9 Å². The van der Waals surface area contributed by atoms with Crippen LogP contribution >= 0.6 is 0 Å². The number of aromatic amines is 1. The molecule has 0 radical (unpaired) electrons. The topological polar surface area (TPSA) is 86.2 Å². The molecular formula is C17H25N5O2. The number of furan rings is 1. The molecule has 2 amide bonds. The summed E-state index contributed by atoms with van der Waals surface area (Å²) in [6.07, 6.45) is 2.81. The lowest BCUT2D eigenvalue weighted by Gasteiger charge is -2.16. The molecule has 0 aliphatic carbocycles. The highest BCUT2D eigenvalue weighted by Crippen LogP contribution is 2.23. The molecule has 3 rings (SSSR count). The highest BCUT2D eigenvalue weighted by Gasteiger charge is 2.23. The van der Waals surface area contributed by atoms with E-state index in [-0.39, 0.29) is 12.1 Å². The Morgan fingerprint density at radius 1 is 1.46 bits per heavy atom. The van der Waals surface area contributed by atoms with Crippen LogP contribution in [-0.2, 0) is 6.54 Å². The van der Waals surface area contributed by atoms with Gasteiger partial charge in [-0.15, -0.1) is 0 Å². The summed E-state index contributed by atoms with van der Waals surface area (Å²) in [6.45, 7) is 7.42. The SMILES string of the molecule is CC(C)NC(=O)NC[C@@H]1CCN(Cc2ccc(-c3ccn[nH]3)o2)C1. The van der Waals surface area contributed by atoms with Gasteiger partial charge in [-0.1, -0.05) is 0 Å². The number of amides is 2. The Morgan fingerprint density at radius 3 is 3.08 bits per heavy atom. The summed E-state index contributed by atoms with van der Waals surface area (Å²) in [5.74, 6) is 2.25. The number of carbonyl (C=O) groups is 1. The molecule has 1 fully saturated rings. The van der Waals surface area contributed by atoms with Crippen molar-refractivity contribution in [3.8, 4) is 11.5 Å². The lowest BCUT2D eigenvalue weighted by molar-refractivity contribution is 0.235. The van der Waals surface area contributed by atoms with Crippen LogP contribution < -0.4 is 10.6 Å². The van der Waals surface area contributed by atoms with Crippen LogP contribution in [0.4, 0.5) is 4.79 Å². The number of hydrogen-bond acceptors (Lipinski definition) is 4. The highest BCUT2D eigenvalue weighted by molar-refractivity contribution is 5.74. The number of rotatable bonds is 6. The van der Waals surface area contributed by atoms with E-state index in [9.17, 15) is 4.79 Å². The molecule has 1 aliphatic rings. The lowest BCUT2D eigenvalue weighted by Crippen LogP contribution is -2.41. The maximum Gasteiger partial charge on any atom is 0.314 e. The van der Waals surface area contributed by atoms with E-state index in [2.05, 4.69) is 25.7 Å². The van der Waals surface area contributed by atoms with Crippen LogP contribution in [-0.4, -0.2) is 46.8 Å². The normalized spacial score (nSPS) is 18.2. The number of H-pyrrole nitrogens is 1. The van der Waals surface area contributed by atoms with E-state index in [0.717, 1.165) is 43.3 Å². The summed E-state index contributed by atoms with van der Waals surface area (Å²) in [6, 6.07) is 5.95. The summed E-state index contributed by atoms with van der Waals surface area (Å²) in [5, 5.41) is 12.6. The minimum atomic E-state index is -0.0846. The van der Waals surface area contributed by atoms with Crippen molar-refractivity contribution in [2.24, 2.45) is 5.92 Å². The van der Waals surface area contributed by atoms with Crippen molar-refractivity contribution in [3.05, 3.63) is 30.2 Å². The second kappa shape index (κ2) is 7.53. The number of carbonyl (C=O) groups excluding carboxylic acids is 1. The zero-order chi connectivity index (χ0) is 16.9. The first-order valence-electron chi connectivity index (χ1n) is 8.45. The van der Waals surface area contributed by atoms with Crippen LogP contribution in [0.2, 0.25) is 0 Å². The van der Waals surface area contributed by atoms with E-state index in [1.54, 1.807) is 6.20 Å². The molecule has 2 aromatic heterocycles. The van der Waals surface area contributed by atoms with Crippen LogP contribution in [0.5, 0.6) is 0 Å². The first kappa shape index (κ1) is 16.6. The Labute approximate surface area is 141 Å². The van der Waals surface area contributed by atoms with Crippen molar-refractivity contribution in [2.75, 3.05) is 19.6 Å².